The van der Waals surface area contributed by atoms with Gasteiger partial charge in [-0.1, -0.05) is 0 Å². The van der Waals surface area contributed by atoms with Crippen LogP contribution in [-0.2, 0) is 14.3 Å². The number of piperidine rings is 1. The van der Waals surface area contributed by atoms with Crippen molar-refractivity contribution in [3.05, 3.63) is 23.7 Å². The molecule has 2 aliphatic heterocycles. The summed E-state index contributed by atoms with van der Waals surface area (Å²) in [7, 11) is 1.36. The molecule has 2 fully saturated rings. The number of amides is 1. The van der Waals surface area contributed by atoms with Gasteiger partial charge in [0.1, 0.15) is 5.76 Å². The van der Waals surface area contributed by atoms with E-state index in [1.165, 1.54) is 13.4 Å². The summed E-state index contributed by atoms with van der Waals surface area (Å²) in [4.78, 5) is 26.5. The fraction of sp³-hybridized carbons (Fsp3) is 0.625. The third kappa shape index (κ3) is 2.41. The van der Waals surface area contributed by atoms with Gasteiger partial charge in [0.2, 0.25) is 0 Å². The first-order valence-electron chi connectivity index (χ1n) is 7.63. The number of rotatable bonds is 2. The van der Waals surface area contributed by atoms with Crippen molar-refractivity contribution in [2.75, 3.05) is 7.11 Å². The average molecular weight is 307 g/mol. The number of furan rings is 1. The fourth-order valence-corrected chi connectivity index (χ4v) is 3.53. The lowest BCUT2D eigenvalue weighted by molar-refractivity contribution is -0.153. The maximum absolute atomic E-state index is 12.9. The Balaban J connectivity index is 1.84. The molecule has 0 N–H and O–H groups in total. The Morgan fingerprint density at radius 3 is 2.77 bits per heavy atom. The minimum absolute atomic E-state index is 0.0532. The van der Waals surface area contributed by atoms with Crippen LogP contribution in [0.2, 0.25) is 0 Å². The molecule has 0 bridgehead atoms. The normalized spacial score (nSPS) is 31.0. The first kappa shape index (κ1) is 15.1. The van der Waals surface area contributed by atoms with E-state index in [4.69, 9.17) is 13.9 Å². The number of likely N-dealkylation sites (tertiary alicyclic amines) is 1. The summed E-state index contributed by atoms with van der Waals surface area (Å²) in [6.45, 7) is 3.82. The van der Waals surface area contributed by atoms with Gasteiger partial charge in [0.05, 0.1) is 31.1 Å². The van der Waals surface area contributed by atoms with Crippen molar-refractivity contribution in [1.29, 1.82) is 0 Å². The molecule has 2 aliphatic rings. The minimum atomic E-state index is -0.578. The highest BCUT2D eigenvalue weighted by atomic mass is 16.6. The molecule has 0 aliphatic carbocycles. The molecule has 6 nitrogen and oxygen atoms in total. The van der Waals surface area contributed by atoms with Gasteiger partial charge < -0.3 is 18.8 Å². The van der Waals surface area contributed by atoms with Crippen molar-refractivity contribution in [3.8, 4) is 0 Å². The van der Waals surface area contributed by atoms with Crippen LogP contribution in [0.15, 0.2) is 16.7 Å². The lowest BCUT2D eigenvalue weighted by Crippen LogP contribution is -2.53. The molecule has 22 heavy (non-hydrogen) atoms. The Morgan fingerprint density at radius 1 is 1.36 bits per heavy atom. The van der Waals surface area contributed by atoms with Crippen molar-refractivity contribution in [1.82, 2.24) is 4.90 Å². The molecule has 3 heterocycles. The summed E-state index contributed by atoms with van der Waals surface area (Å²) >= 11 is 0. The SMILES string of the molecule is COC(=O)[C@@H]1C[C@@H]2[C@H](CC[C@H](C)N2C(=O)c2ccoc2C)O1. The van der Waals surface area contributed by atoms with Gasteiger partial charge >= 0.3 is 5.97 Å². The predicted octanol–water partition coefficient (Wildman–Crippen LogP) is 1.91. The monoisotopic (exact) mass is 307 g/mol. The minimum Gasteiger partial charge on any atom is -0.469 e. The zero-order chi connectivity index (χ0) is 15.9. The summed E-state index contributed by atoms with van der Waals surface area (Å²) in [5.74, 6) is 0.194. The Morgan fingerprint density at radius 2 is 2.14 bits per heavy atom. The summed E-state index contributed by atoms with van der Waals surface area (Å²) in [5.41, 5.74) is 0.578. The molecule has 120 valence electrons. The Hall–Kier alpha value is -1.82. The number of aryl methyl sites for hydroxylation is 1. The Bertz CT molecular complexity index is 581. The molecule has 1 aromatic heterocycles. The van der Waals surface area contributed by atoms with E-state index in [2.05, 4.69) is 0 Å². The van der Waals surface area contributed by atoms with Crippen LogP contribution < -0.4 is 0 Å². The fourth-order valence-electron chi connectivity index (χ4n) is 3.53. The van der Waals surface area contributed by atoms with Crippen LogP contribution in [0.1, 0.15) is 42.3 Å². The summed E-state index contributed by atoms with van der Waals surface area (Å²) < 4.78 is 15.8. The van der Waals surface area contributed by atoms with Crippen LogP contribution >= 0.6 is 0 Å². The highest BCUT2D eigenvalue weighted by Gasteiger charge is 2.48. The number of fused-ring (bicyclic) bond motifs is 1. The summed E-state index contributed by atoms with van der Waals surface area (Å²) in [5, 5.41) is 0. The van der Waals surface area contributed by atoms with Crippen LogP contribution in [0.25, 0.3) is 0 Å². The molecule has 0 radical (unpaired) electrons. The van der Waals surface area contributed by atoms with Crippen LogP contribution in [0.5, 0.6) is 0 Å². The zero-order valence-electron chi connectivity index (χ0n) is 13.1. The van der Waals surface area contributed by atoms with Crippen molar-refractivity contribution in [2.45, 2.75) is 57.4 Å². The van der Waals surface area contributed by atoms with Gasteiger partial charge in [-0.3, -0.25) is 4.79 Å². The van der Waals surface area contributed by atoms with Gasteiger partial charge in [-0.05, 0) is 32.8 Å². The van der Waals surface area contributed by atoms with Crippen LogP contribution in [0, 0.1) is 6.92 Å². The molecule has 1 aromatic rings. The summed E-state index contributed by atoms with van der Waals surface area (Å²) in [6.07, 6.45) is 3.05. The standard InChI is InChI=1S/C16H21NO5/c1-9-4-5-13-12(8-14(22-13)16(19)20-3)17(9)15(18)11-6-7-21-10(11)2/h6-7,9,12-14H,4-5,8H2,1-3H3/t9-,12+,13-,14-/m0/s1. The number of hydrogen-bond acceptors (Lipinski definition) is 5. The molecule has 2 saturated heterocycles. The predicted molar refractivity (Wildman–Crippen MR) is 77.4 cm³/mol. The second-order valence-corrected chi connectivity index (χ2v) is 6.02. The first-order valence-corrected chi connectivity index (χ1v) is 7.63. The number of carbonyl (C=O) groups is 2. The van der Waals surface area contributed by atoms with Gasteiger partial charge in [-0.25, -0.2) is 4.79 Å². The number of hydrogen-bond donors (Lipinski definition) is 0. The van der Waals surface area contributed by atoms with E-state index in [1.807, 2.05) is 11.8 Å². The van der Waals surface area contributed by atoms with Gasteiger partial charge in [-0.15, -0.1) is 0 Å². The zero-order valence-corrected chi connectivity index (χ0v) is 13.1. The molecule has 0 unspecified atom stereocenters. The van der Waals surface area contributed by atoms with Crippen LogP contribution in [-0.4, -0.2) is 48.2 Å². The van der Waals surface area contributed by atoms with Crippen molar-refractivity contribution >= 4 is 11.9 Å². The molecule has 1 amide bonds. The number of carbonyl (C=O) groups excluding carboxylic acids is 2. The lowest BCUT2D eigenvalue weighted by atomic mass is 9.92. The molecular formula is C16H21NO5. The van der Waals surface area contributed by atoms with E-state index < -0.39 is 6.10 Å². The average Bonchev–Trinajstić information content (AvgIpc) is 3.11. The first-order chi connectivity index (χ1) is 10.5. The highest BCUT2D eigenvalue weighted by molar-refractivity contribution is 5.95. The maximum Gasteiger partial charge on any atom is 0.335 e. The molecular weight excluding hydrogens is 286 g/mol. The quantitative estimate of drug-likeness (QED) is 0.781. The number of nitrogens with zero attached hydrogens (tertiary/aromatic N) is 1. The van der Waals surface area contributed by atoms with Crippen LogP contribution in [0.3, 0.4) is 0 Å². The summed E-state index contributed by atoms with van der Waals surface area (Å²) in [6, 6.07) is 1.72. The van der Waals surface area contributed by atoms with Gasteiger partial charge in [-0.2, -0.15) is 0 Å². The van der Waals surface area contributed by atoms with E-state index in [9.17, 15) is 9.59 Å². The molecule has 4 atom stereocenters. The molecule has 3 rings (SSSR count). The Labute approximate surface area is 129 Å². The second-order valence-electron chi connectivity index (χ2n) is 6.02. The second kappa shape index (κ2) is 5.76. The Kier molecular flexibility index (Phi) is 3.95. The van der Waals surface area contributed by atoms with E-state index in [-0.39, 0.29) is 30.1 Å². The molecule has 0 aromatic carbocycles. The third-order valence-electron chi connectivity index (χ3n) is 4.71. The molecule has 0 spiro atoms. The van der Waals surface area contributed by atoms with E-state index >= 15 is 0 Å². The third-order valence-corrected chi connectivity index (χ3v) is 4.71. The lowest BCUT2D eigenvalue weighted by Gasteiger charge is -2.41. The van der Waals surface area contributed by atoms with Crippen molar-refractivity contribution < 1.29 is 23.5 Å². The number of methoxy groups -OCH3 is 1. The van der Waals surface area contributed by atoms with Crippen LogP contribution in [0.4, 0.5) is 0 Å². The van der Waals surface area contributed by atoms with Gasteiger partial charge in [0.15, 0.2) is 6.10 Å². The van der Waals surface area contributed by atoms with Gasteiger partial charge in [0.25, 0.3) is 5.91 Å². The number of esters is 1. The van der Waals surface area contributed by atoms with E-state index in [0.717, 1.165) is 12.8 Å². The molecule has 0 saturated carbocycles. The molecule has 6 heteroatoms. The number of ether oxygens (including phenoxy) is 2. The highest BCUT2D eigenvalue weighted by Crippen LogP contribution is 2.36. The van der Waals surface area contributed by atoms with Gasteiger partial charge in [0, 0.05) is 12.5 Å². The maximum atomic E-state index is 12.9. The van der Waals surface area contributed by atoms with Crippen molar-refractivity contribution in [2.24, 2.45) is 0 Å². The smallest absolute Gasteiger partial charge is 0.335 e. The largest absolute Gasteiger partial charge is 0.469 e. The topological polar surface area (TPSA) is 69.0 Å². The van der Waals surface area contributed by atoms with E-state index in [1.54, 1.807) is 13.0 Å². The van der Waals surface area contributed by atoms with E-state index in [0.29, 0.717) is 17.7 Å². The van der Waals surface area contributed by atoms with Crippen molar-refractivity contribution in [3.63, 3.8) is 0 Å².